The number of aryl methyl sites for hydroxylation is 4. The monoisotopic (exact) mass is 1690 g/mol. The van der Waals surface area contributed by atoms with Crippen LogP contribution in [0.2, 0.25) is 20.1 Å². The van der Waals surface area contributed by atoms with Crippen LogP contribution < -0.4 is 18.5 Å². The van der Waals surface area contributed by atoms with Crippen molar-refractivity contribution >= 4 is 127 Å². The lowest BCUT2D eigenvalue weighted by Gasteiger charge is -2.26. The molecule has 4 aromatic heterocycles. The van der Waals surface area contributed by atoms with E-state index < -0.39 is 151 Å². The predicted molar refractivity (Wildman–Crippen MR) is 369 cm³/mol. The van der Waals surface area contributed by atoms with Crippen LogP contribution >= 0.6 is 46.4 Å². The molecule has 0 atom stereocenters. The molecule has 0 saturated carbocycles. The molecule has 8 rings (SSSR count). The molecule has 0 radical (unpaired) electrons. The Morgan fingerprint density at radius 2 is 0.750 bits per heavy atom. The number of aromatic nitrogens is 4. The largest absolute Gasteiger partial charge is 0.417 e. The van der Waals surface area contributed by atoms with Crippen molar-refractivity contribution in [2.24, 2.45) is 0 Å². The summed E-state index contributed by atoms with van der Waals surface area (Å²) in [7, 11) is -11.6. The molecule has 3 N–H and O–H groups in total. The van der Waals surface area contributed by atoms with Gasteiger partial charge in [0.15, 0.2) is 22.9 Å². The number of rotatable bonds is 19. The molecule has 0 aliphatic rings. The highest BCUT2D eigenvalue weighted by atomic mass is 35.5. The number of anilines is 4. The lowest BCUT2D eigenvalue weighted by molar-refractivity contribution is -0.138. The number of ketones is 1. The minimum atomic E-state index is -4.87. The molecule has 0 bridgehead atoms. The van der Waals surface area contributed by atoms with Gasteiger partial charge >= 0.3 is 24.7 Å². The van der Waals surface area contributed by atoms with E-state index >= 15 is 0 Å². The first-order valence-electron chi connectivity index (χ1n) is 29.2. The van der Waals surface area contributed by atoms with Crippen LogP contribution in [0.5, 0.6) is 0 Å². The number of carbonyl (C=O) groups is 3. The number of benzene rings is 4. The molecule has 4 heterocycles. The van der Waals surface area contributed by atoms with Crippen LogP contribution in [0.3, 0.4) is 0 Å². The number of alkyl halides is 12. The maximum atomic E-state index is 13.3. The fraction of sp³-hybridized carbons (Fsp3) is 0.238. The van der Waals surface area contributed by atoms with Crippen molar-refractivity contribution < 1.29 is 115 Å². The van der Waals surface area contributed by atoms with E-state index in [0.717, 1.165) is 58.7 Å². The lowest BCUT2D eigenvalue weighted by atomic mass is 10.2. The highest BCUT2D eigenvalue weighted by Gasteiger charge is 2.40. The smallest absolute Gasteiger partial charge is 0.363 e. The van der Waals surface area contributed by atoms with Gasteiger partial charge in [-0.15, -0.1) is 0 Å². The Bertz CT molecular complexity index is 5260. The molecule has 0 aliphatic carbocycles. The van der Waals surface area contributed by atoms with E-state index in [4.69, 9.17) is 66.1 Å². The summed E-state index contributed by atoms with van der Waals surface area (Å²) in [5.74, 6) is -2.03. The molecule has 2 amide bonds. The quantitative estimate of drug-likeness (QED) is 0.0293. The predicted octanol–water partition coefficient (Wildman–Crippen LogP) is 14.8. The average Bonchev–Trinajstić information content (AvgIpc) is 0.772. The Kier molecular flexibility index (Phi) is 29.3. The molecule has 25 nitrogen and oxygen atoms in total. The van der Waals surface area contributed by atoms with Crippen LogP contribution in [0.15, 0.2) is 141 Å². The number of nitriles is 1. The minimum absolute atomic E-state index is 0.115. The molecule has 0 saturated heterocycles. The van der Waals surface area contributed by atoms with Gasteiger partial charge in [0, 0.05) is 52.9 Å². The molecule has 582 valence electrons. The second kappa shape index (κ2) is 35.4. The van der Waals surface area contributed by atoms with Crippen molar-refractivity contribution in [1.82, 2.24) is 30.1 Å². The van der Waals surface area contributed by atoms with E-state index in [0.29, 0.717) is 50.8 Å². The van der Waals surface area contributed by atoms with E-state index in [1.807, 2.05) is 0 Å². The standard InChI is InChI=1S/C18H19ClF3N3O5S.C16H15ClF3N3O4S.C15H12ClF3N2O3S.C14H9ClF3N3O2S/c1-11-7-15(16(23-9-11)17(26)24(2)30-4)25(10-29-3)31(27,28)12-5-6-14(19)13(8-12)18(20,21)22;1-9-6-13(14(21-8-9)15(24)23(2)27-3)22-28(25,26)10-4-5-12(17)11(7-10)16(18,19)20;1-8-5-13(14(9(2)22)20-7-8)21-25(23,24)10-3-4-12(16)11(6-10)15(17,18)19;1-8-4-12(13(6-19)20-7-8)21-24(22,23)9-2-3-11(15)10(5-9)14(16,17)18/h5-9H,10H2,1-4H3;4-8,22H,1-3H3;3-7,21H,1-2H3;2-5,7,21H,1H3. The summed E-state index contributed by atoms with van der Waals surface area (Å²) in [4.78, 5) is 58.9. The molecule has 45 heteroatoms. The first kappa shape index (κ1) is 89.4. The maximum Gasteiger partial charge on any atom is 0.417 e. The van der Waals surface area contributed by atoms with Crippen LogP contribution in [-0.4, -0.2) is 123 Å². The van der Waals surface area contributed by atoms with Crippen molar-refractivity contribution in [3.05, 3.63) is 209 Å². The summed E-state index contributed by atoms with van der Waals surface area (Å²) >= 11 is 22.1. The van der Waals surface area contributed by atoms with Gasteiger partial charge in [-0.2, -0.15) is 57.9 Å². The molecule has 4 aromatic carbocycles. The summed E-state index contributed by atoms with van der Waals surface area (Å²) in [6.45, 7) is 7.04. The van der Waals surface area contributed by atoms with Gasteiger partial charge in [-0.05, 0) is 147 Å². The molecular formula is C63H55Cl4F12N11O14S4. The van der Waals surface area contributed by atoms with Crippen LogP contribution in [-0.2, 0) is 79.2 Å². The first-order chi connectivity index (χ1) is 49.7. The number of hydrogen-bond acceptors (Lipinski definition) is 19. The van der Waals surface area contributed by atoms with Crippen LogP contribution in [0.4, 0.5) is 75.4 Å². The number of amides is 2. The summed E-state index contributed by atoms with van der Waals surface area (Å²) in [5, 5.41) is 8.07. The highest BCUT2D eigenvalue weighted by molar-refractivity contribution is 7.93. The molecule has 0 fully saturated rings. The number of hydrogen-bond donors (Lipinski definition) is 3. The number of sulfonamides is 4. The number of nitrogens with zero attached hydrogens (tertiary/aromatic N) is 8. The summed E-state index contributed by atoms with van der Waals surface area (Å²) < 4.78 is 269. The maximum absolute atomic E-state index is 13.3. The van der Waals surface area contributed by atoms with Crippen molar-refractivity contribution in [2.45, 2.75) is 78.9 Å². The Morgan fingerprint density at radius 3 is 1.09 bits per heavy atom. The fourth-order valence-electron chi connectivity index (χ4n) is 8.53. The zero-order valence-corrected chi connectivity index (χ0v) is 63.0. The summed E-state index contributed by atoms with van der Waals surface area (Å²) in [6, 6.07) is 15.9. The molecule has 0 unspecified atom stereocenters. The van der Waals surface area contributed by atoms with Gasteiger partial charge in [0.1, 0.15) is 18.5 Å². The number of ether oxygens (including phenoxy) is 1. The highest BCUT2D eigenvalue weighted by Crippen LogP contribution is 2.41. The number of halogens is 16. The lowest BCUT2D eigenvalue weighted by Crippen LogP contribution is -2.36. The third kappa shape index (κ3) is 22.9. The molecular weight excluding hydrogens is 1630 g/mol. The Hall–Kier alpha value is -9.22. The number of pyridine rings is 4. The van der Waals surface area contributed by atoms with E-state index in [1.165, 1.54) is 91.4 Å². The van der Waals surface area contributed by atoms with Gasteiger partial charge in [-0.1, -0.05) is 46.4 Å². The van der Waals surface area contributed by atoms with Crippen molar-refractivity contribution in [3.8, 4) is 6.07 Å². The number of methoxy groups -OCH3 is 1. The first-order valence-corrected chi connectivity index (χ1v) is 36.6. The molecule has 108 heavy (non-hydrogen) atoms. The van der Waals surface area contributed by atoms with Gasteiger partial charge < -0.3 is 4.74 Å². The van der Waals surface area contributed by atoms with E-state index in [-0.39, 0.29) is 45.5 Å². The zero-order chi connectivity index (χ0) is 81.9. The summed E-state index contributed by atoms with van der Waals surface area (Å²) in [6.07, 6.45) is -13.9. The average molecular weight is 1690 g/mol. The number of nitrogens with one attached hydrogen (secondary N) is 3. The van der Waals surface area contributed by atoms with E-state index in [9.17, 15) is 101 Å². The second-order valence-electron chi connectivity index (χ2n) is 21.9. The molecule has 0 spiro atoms. The van der Waals surface area contributed by atoms with Crippen LogP contribution in [0.25, 0.3) is 0 Å². The van der Waals surface area contributed by atoms with Crippen LogP contribution in [0.1, 0.15) is 88.6 Å². The number of hydroxylamine groups is 4. The van der Waals surface area contributed by atoms with Gasteiger partial charge in [-0.25, -0.2) is 63.1 Å². The Labute approximate surface area is 628 Å². The van der Waals surface area contributed by atoms with Gasteiger partial charge in [0.25, 0.3) is 51.9 Å². The molecule has 8 aromatic rings. The van der Waals surface area contributed by atoms with Gasteiger partial charge in [0.2, 0.25) is 0 Å². The van der Waals surface area contributed by atoms with Gasteiger partial charge in [-0.3, -0.25) is 43.2 Å². The number of carbonyl (C=O) groups excluding carboxylic acids is 3. The fourth-order valence-corrected chi connectivity index (χ4v) is 14.1. The van der Waals surface area contributed by atoms with Crippen molar-refractivity contribution in [3.63, 3.8) is 0 Å². The minimum Gasteiger partial charge on any atom is -0.363 e. The van der Waals surface area contributed by atoms with Gasteiger partial charge in [0.05, 0.1) is 98.9 Å². The third-order valence-electron chi connectivity index (χ3n) is 13.8. The van der Waals surface area contributed by atoms with Crippen LogP contribution in [0, 0.1) is 39.0 Å². The number of Topliss-reactive ketones (excluding diaryl/α,β-unsaturated/α-hetero) is 1. The second-order valence-corrected chi connectivity index (χ2v) is 30.4. The third-order valence-corrected chi connectivity index (χ3v) is 20.9. The van der Waals surface area contributed by atoms with E-state index in [2.05, 4.69) is 34.1 Å². The van der Waals surface area contributed by atoms with E-state index in [1.54, 1.807) is 33.8 Å². The normalized spacial score (nSPS) is 12.0. The Morgan fingerprint density at radius 1 is 0.454 bits per heavy atom. The SMILES string of the molecule is CC(=O)c1ncc(C)cc1NS(=O)(=O)c1ccc(Cl)c(C(F)(F)F)c1.COCN(c1cc(C)cnc1C(=O)N(C)OC)S(=O)(=O)c1ccc(Cl)c(C(F)(F)F)c1.CON(C)C(=O)c1ncc(C)cc1NS(=O)(=O)c1ccc(Cl)c(C(F)(F)F)c1.Cc1cnc(C#N)c(NS(=O)(=O)c2ccc(Cl)c(C(F)(F)F)c2)c1. The zero-order valence-electron chi connectivity index (χ0n) is 56.7. The molecule has 0 aliphatic heterocycles. The summed E-state index contributed by atoms with van der Waals surface area (Å²) in [5.41, 5.74) is -4.59. The Balaban J connectivity index is 0.000000259. The van der Waals surface area contributed by atoms with Crippen molar-refractivity contribution in [2.75, 3.05) is 60.6 Å². The topological polar surface area (TPSA) is 337 Å². The van der Waals surface area contributed by atoms with Crippen molar-refractivity contribution in [1.29, 1.82) is 5.26 Å².